The van der Waals surface area contributed by atoms with Crippen LogP contribution < -0.4 is 14.8 Å². The molecule has 0 fully saturated rings. The van der Waals surface area contributed by atoms with Crippen LogP contribution in [-0.4, -0.2) is 42.5 Å². The van der Waals surface area contributed by atoms with Crippen molar-refractivity contribution in [2.24, 2.45) is 0 Å². The van der Waals surface area contributed by atoms with Gasteiger partial charge < -0.3 is 19.7 Å². The molecule has 0 aliphatic carbocycles. The monoisotopic (exact) mass is 536 g/mol. The summed E-state index contributed by atoms with van der Waals surface area (Å²) in [5.74, 6) is 1.22. The second-order valence-corrected chi connectivity index (χ2v) is 9.74. The van der Waals surface area contributed by atoms with Gasteiger partial charge in [0.05, 0.1) is 13.7 Å². The van der Waals surface area contributed by atoms with E-state index < -0.39 is 6.04 Å². The minimum atomic E-state index is -0.655. The van der Waals surface area contributed by atoms with Crippen LogP contribution in [0.3, 0.4) is 0 Å². The Hall–Kier alpha value is -3.51. The Balaban J connectivity index is 1.77. The van der Waals surface area contributed by atoms with E-state index in [0.29, 0.717) is 36.8 Å². The number of benzene rings is 3. The fraction of sp³-hybridized carbons (Fsp3) is 0.355. The molecule has 202 valence electrons. The molecule has 0 saturated carbocycles. The molecule has 0 radical (unpaired) electrons. The third-order valence-corrected chi connectivity index (χ3v) is 6.65. The van der Waals surface area contributed by atoms with Crippen LogP contribution in [0.15, 0.2) is 78.9 Å². The summed E-state index contributed by atoms with van der Waals surface area (Å²) in [6.45, 7) is 4.69. The Kier molecular flexibility index (Phi) is 11.5. The Labute approximate surface area is 230 Å². The smallest absolute Gasteiger partial charge is 0.243 e. The summed E-state index contributed by atoms with van der Waals surface area (Å²) < 4.78 is 11.0. The lowest BCUT2D eigenvalue weighted by Crippen LogP contribution is -2.52. The van der Waals surface area contributed by atoms with Crippen molar-refractivity contribution >= 4 is 23.4 Å². The number of carbonyl (C=O) groups excluding carboxylic acids is 2. The number of hydrogen-bond donors (Lipinski definition) is 1. The van der Waals surface area contributed by atoms with E-state index in [2.05, 4.69) is 5.32 Å². The molecular formula is C31H37ClN2O4. The minimum Gasteiger partial charge on any atom is -0.497 e. The predicted octanol–water partition coefficient (Wildman–Crippen LogP) is 6.06. The zero-order valence-electron chi connectivity index (χ0n) is 22.4. The molecule has 38 heavy (non-hydrogen) atoms. The molecular weight excluding hydrogens is 500 g/mol. The highest BCUT2D eigenvalue weighted by molar-refractivity contribution is 6.30. The zero-order valence-corrected chi connectivity index (χ0v) is 23.1. The SMILES string of the molecule is CC[C@@H](C)NC(=O)[C@@H](Cc1ccccc1)N(Cc1ccc(Cl)cc1)C(=O)CCCOc1ccc(OC)cc1. The average Bonchev–Trinajstić information content (AvgIpc) is 2.94. The van der Waals surface area contributed by atoms with E-state index in [1.807, 2.05) is 80.6 Å². The van der Waals surface area contributed by atoms with E-state index in [-0.39, 0.29) is 24.3 Å². The Morgan fingerprint density at radius 3 is 2.21 bits per heavy atom. The molecule has 3 aromatic rings. The number of halogens is 1. The number of nitrogens with zero attached hydrogens (tertiary/aromatic N) is 1. The molecule has 0 heterocycles. The topological polar surface area (TPSA) is 67.9 Å². The van der Waals surface area contributed by atoms with E-state index in [1.54, 1.807) is 24.1 Å². The first-order valence-corrected chi connectivity index (χ1v) is 13.4. The van der Waals surface area contributed by atoms with Crippen molar-refractivity contribution in [2.75, 3.05) is 13.7 Å². The van der Waals surface area contributed by atoms with E-state index in [9.17, 15) is 9.59 Å². The fourth-order valence-corrected chi connectivity index (χ4v) is 4.14. The summed E-state index contributed by atoms with van der Waals surface area (Å²) in [6, 6.07) is 23.9. The lowest BCUT2D eigenvalue weighted by Gasteiger charge is -2.32. The highest BCUT2D eigenvalue weighted by Crippen LogP contribution is 2.20. The Morgan fingerprint density at radius 2 is 1.58 bits per heavy atom. The van der Waals surface area contributed by atoms with Crippen molar-refractivity contribution in [3.63, 3.8) is 0 Å². The maximum atomic E-state index is 13.6. The first-order chi connectivity index (χ1) is 18.4. The van der Waals surface area contributed by atoms with E-state index in [1.165, 1.54) is 0 Å². The highest BCUT2D eigenvalue weighted by Gasteiger charge is 2.30. The molecule has 6 nitrogen and oxygen atoms in total. The molecule has 7 heteroatoms. The molecule has 0 saturated heterocycles. The van der Waals surface area contributed by atoms with Crippen LogP contribution in [0.4, 0.5) is 0 Å². The summed E-state index contributed by atoms with van der Waals surface area (Å²) in [6.07, 6.45) is 2.00. The van der Waals surface area contributed by atoms with Gasteiger partial charge in [0.1, 0.15) is 17.5 Å². The molecule has 2 atom stereocenters. The summed E-state index contributed by atoms with van der Waals surface area (Å²) in [5.41, 5.74) is 1.90. The van der Waals surface area contributed by atoms with Crippen molar-refractivity contribution in [3.8, 4) is 11.5 Å². The lowest BCUT2D eigenvalue weighted by atomic mass is 10.0. The average molecular weight is 537 g/mol. The van der Waals surface area contributed by atoms with Gasteiger partial charge in [0.15, 0.2) is 0 Å². The largest absolute Gasteiger partial charge is 0.497 e. The van der Waals surface area contributed by atoms with E-state index >= 15 is 0 Å². The van der Waals surface area contributed by atoms with Gasteiger partial charge in [-0.25, -0.2) is 0 Å². The number of rotatable bonds is 14. The van der Waals surface area contributed by atoms with Gasteiger partial charge in [-0.15, -0.1) is 0 Å². The van der Waals surface area contributed by atoms with Gasteiger partial charge in [-0.1, -0.05) is 61.0 Å². The summed E-state index contributed by atoms with van der Waals surface area (Å²) in [5, 5.41) is 3.71. The highest BCUT2D eigenvalue weighted by atomic mass is 35.5. The van der Waals surface area contributed by atoms with Crippen LogP contribution in [0.5, 0.6) is 11.5 Å². The molecule has 3 rings (SSSR count). The molecule has 0 aromatic heterocycles. The molecule has 2 amide bonds. The van der Waals surface area contributed by atoms with Crippen molar-refractivity contribution in [1.82, 2.24) is 10.2 Å². The number of nitrogens with one attached hydrogen (secondary N) is 1. The van der Waals surface area contributed by atoms with Crippen molar-refractivity contribution in [3.05, 3.63) is 95.0 Å². The Bertz CT molecular complexity index is 1140. The lowest BCUT2D eigenvalue weighted by molar-refractivity contribution is -0.141. The normalized spacial score (nSPS) is 12.3. The molecule has 0 aliphatic heterocycles. The van der Waals surface area contributed by atoms with Crippen LogP contribution in [0.1, 0.15) is 44.2 Å². The maximum Gasteiger partial charge on any atom is 0.243 e. The van der Waals surface area contributed by atoms with Crippen molar-refractivity contribution < 1.29 is 19.1 Å². The third-order valence-electron chi connectivity index (χ3n) is 6.40. The van der Waals surface area contributed by atoms with Gasteiger partial charge in [0, 0.05) is 30.5 Å². The fourth-order valence-electron chi connectivity index (χ4n) is 4.01. The summed E-state index contributed by atoms with van der Waals surface area (Å²) in [4.78, 5) is 28.9. The van der Waals surface area contributed by atoms with Crippen molar-refractivity contribution in [2.45, 2.75) is 58.2 Å². The molecule has 0 bridgehead atoms. The van der Waals surface area contributed by atoms with E-state index in [4.69, 9.17) is 21.1 Å². The number of amides is 2. The minimum absolute atomic E-state index is 0.00570. The van der Waals surface area contributed by atoms with Crippen LogP contribution in [-0.2, 0) is 22.6 Å². The van der Waals surface area contributed by atoms with Gasteiger partial charge >= 0.3 is 0 Å². The Morgan fingerprint density at radius 1 is 0.921 bits per heavy atom. The maximum absolute atomic E-state index is 13.6. The van der Waals surface area contributed by atoms with Gasteiger partial charge in [-0.05, 0) is 67.3 Å². The predicted molar refractivity (Wildman–Crippen MR) is 152 cm³/mol. The number of carbonyl (C=O) groups is 2. The second kappa shape index (κ2) is 15.0. The van der Waals surface area contributed by atoms with Gasteiger partial charge in [-0.2, -0.15) is 0 Å². The standard InChI is InChI=1S/C31H37ClN2O4/c1-4-23(2)33-31(36)29(21-24-9-6-5-7-10-24)34(22-25-12-14-26(32)15-13-25)30(35)11-8-20-38-28-18-16-27(37-3)17-19-28/h5-7,9-10,12-19,23,29H,4,8,11,20-22H2,1-3H3,(H,33,36)/t23-,29-/m1/s1. The summed E-state index contributed by atoms with van der Waals surface area (Å²) >= 11 is 6.09. The van der Waals surface area contributed by atoms with Crippen LogP contribution in [0.25, 0.3) is 0 Å². The van der Waals surface area contributed by atoms with Crippen molar-refractivity contribution in [1.29, 1.82) is 0 Å². The summed E-state index contributed by atoms with van der Waals surface area (Å²) in [7, 11) is 1.62. The second-order valence-electron chi connectivity index (χ2n) is 9.30. The molecule has 3 aromatic carbocycles. The molecule has 0 spiro atoms. The zero-order chi connectivity index (χ0) is 27.3. The van der Waals surface area contributed by atoms with Gasteiger partial charge in [0.2, 0.25) is 11.8 Å². The van der Waals surface area contributed by atoms with Gasteiger partial charge in [0.25, 0.3) is 0 Å². The molecule has 0 aliphatic rings. The van der Waals surface area contributed by atoms with Crippen LogP contribution in [0, 0.1) is 0 Å². The van der Waals surface area contributed by atoms with E-state index in [0.717, 1.165) is 23.3 Å². The van der Waals surface area contributed by atoms with Crippen LogP contribution >= 0.6 is 11.6 Å². The van der Waals surface area contributed by atoms with Gasteiger partial charge in [-0.3, -0.25) is 9.59 Å². The number of hydrogen-bond acceptors (Lipinski definition) is 4. The number of ether oxygens (including phenoxy) is 2. The molecule has 0 unspecified atom stereocenters. The first kappa shape index (κ1) is 29.1. The quantitative estimate of drug-likeness (QED) is 0.254. The number of methoxy groups -OCH3 is 1. The first-order valence-electron chi connectivity index (χ1n) is 13.0. The molecule has 1 N–H and O–H groups in total. The third kappa shape index (κ3) is 9.10. The van der Waals surface area contributed by atoms with Crippen LogP contribution in [0.2, 0.25) is 5.02 Å².